The van der Waals surface area contributed by atoms with E-state index in [1.54, 1.807) is 18.2 Å². The molecule has 2 aromatic heterocycles. The topological polar surface area (TPSA) is 43.4 Å². The molecule has 1 aliphatic heterocycles. The number of hydrogen-bond donors (Lipinski definition) is 0. The minimum absolute atomic E-state index is 0.163. The molecule has 0 radical (unpaired) electrons. The largest absolute Gasteiger partial charge is 0.444 e. The van der Waals surface area contributed by atoms with Gasteiger partial charge in [-0.1, -0.05) is 35.9 Å². The molecule has 0 spiro atoms. The molecule has 25 heavy (non-hydrogen) atoms. The number of ether oxygens (including phenoxy) is 1. The number of cyclic esters (lactones) is 1. The summed E-state index contributed by atoms with van der Waals surface area (Å²) < 4.78 is 5.77. The van der Waals surface area contributed by atoms with Gasteiger partial charge in [-0.2, -0.15) is 0 Å². The van der Waals surface area contributed by atoms with Gasteiger partial charge in [0.25, 0.3) is 0 Å². The molecule has 126 valence electrons. The normalized spacial score (nSPS) is 22.8. The van der Waals surface area contributed by atoms with Gasteiger partial charge in [0, 0.05) is 10.9 Å². The Morgan fingerprint density at radius 2 is 1.80 bits per heavy atom. The van der Waals surface area contributed by atoms with Crippen molar-refractivity contribution in [2.24, 2.45) is 0 Å². The monoisotopic (exact) mass is 388 g/mol. The van der Waals surface area contributed by atoms with Crippen LogP contribution in [0.25, 0.3) is 0 Å². The maximum absolute atomic E-state index is 13.4. The molecular formula is C19H13ClO3S2. The van der Waals surface area contributed by atoms with E-state index in [-0.39, 0.29) is 24.1 Å². The van der Waals surface area contributed by atoms with Crippen molar-refractivity contribution in [3.05, 3.63) is 79.6 Å². The molecule has 0 amide bonds. The van der Waals surface area contributed by atoms with Crippen molar-refractivity contribution in [1.82, 2.24) is 0 Å². The van der Waals surface area contributed by atoms with Crippen LogP contribution in [0.2, 0.25) is 5.02 Å². The van der Waals surface area contributed by atoms with E-state index in [0.29, 0.717) is 9.90 Å². The SMILES string of the molecule is O=C1C[C@@H](c2ccc(Cl)cc2)[C@@](C(=O)c2cccs2)(c2cccs2)O1. The van der Waals surface area contributed by atoms with Crippen LogP contribution < -0.4 is 0 Å². The summed E-state index contributed by atoms with van der Waals surface area (Å²) in [6.07, 6.45) is 0.163. The van der Waals surface area contributed by atoms with Crippen molar-refractivity contribution in [1.29, 1.82) is 0 Å². The summed E-state index contributed by atoms with van der Waals surface area (Å²) in [5.74, 6) is -0.917. The fraction of sp³-hybridized carbons (Fsp3) is 0.158. The molecule has 6 heteroatoms. The predicted molar refractivity (Wildman–Crippen MR) is 99.5 cm³/mol. The molecule has 0 saturated carbocycles. The molecular weight excluding hydrogens is 376 g/mol. The second-order valence-corrected chi connectivity index (χ2v) is 8.13. The van der Waals surface area contributed by atoms with E-state index in [1.165, 1.54) is 22.7 Å². The van der Waals surface area contributed by atoms with E-state index in [4.69, 9.17) is 16.3 Å². The number of benzene rings is 1. The summed E-state index contributed by atoms with van der Waals surface area (Å²) in [7, 11) is 0. The average molecular weight is 389 g/mol. The highest BCUT2D eigenvalue weighted by Crippen LogP contribution is 2.51. The predicted octanol–water partition coefficient (Wildman–Crippen LogP) is 5.27. The van der Waals surface area contributed by atoms with Gasteiger partial charge >= 0.3 is 5.97 Å². The van der Waals surface area contributed by atoms with Crippen molar-refractivity contribution in [2.75, 3.05) is 0 Å². The fourth-order valence-corrected chi connectivity index (χ4v) is 5.03. The number of carbonyl (C=O) groups is 2. The van der Waals surface area contributed by atoms with E-state index >= 15 is 0 Å². The molecule has 1 aliphatic rings. The van der Waals surface area contributed by atoms with Crippen molar-refractivity contribution in [2.45, 2.75) is 17.9 Å². The third-order valence-corrected chi connectivity index (χ3v) is 6.49. The molecule has 0 unspecified atom stereocenters. The first-order chi connectivity index (χ1) is 12.1. The van der Waals surface area contributed by atoms with Crippen LogP contribution in [0.15, 0.2) is 59.3 Å². The standard InChI is InChI=1S/C19H13ClO3S2/c20-13-7-5-12(6-8-13)14-11-17(21)23-19(14,16-4-2-10-25-16)18(22)15-3-1-9-24-15/h1-10,14H,11H2/t14-,19-/m0/s1. The van der Waals surface area contributed by atoms with Crippen molar-refractivity contribution in [3.63, 3.8) is 0 Å². The molecule has 1 aromatic carbocycles. The van der Waals surface area contributed by atoms with Gasteiger partial charge in [0.1, 0.15) is 0 Å². The molecule has 1 fully saturated rings. The molecule has 0 N–H and O–H groups in total. The number of Topliss-reactive ketones (excluding diaryl/α,β-unsaturated/α-hetero) is 1. The quantitative estimate of drug-likeness (QED) is 0.451. The highest BCUT2D eigenvalue weighted by molar-refractivity contribution is 7.12. The average Bonchev–Trinajstić information content (AvgIpc) is 3.36. The second-order valence-electron chi connectivity index (χ2n) is 5.80. The Morgan fingerprint density at radius 3 is 2.44 bits per heavy atom. The summed E-state index contributed by atoms with van der Waals surface area (Å²) in [5, 5.41) is 4.35. The van der Waals surface area contributed by atoms with E-state index in [2.05, 4.69) is 0 Å². The van der Waals surface area contributed by atoms with Gasteiger partial charge in [0.05, 0.1) is 16.2 Å². The van der Waals surface area contributed by atoms with Crippen LogP contribution in [-0.2, 0) is 15.1 Å². The summed E-state index contributed by atoms with van der Waals surface area (Å²) in [6.45, 7) is 0. The van der Waals surface area contributed by atoms with Crippen molar-refractivity contribution >= 4 is 46.0 Å². The number of halogens is 1. The lowest BCUT2D eigenvalue weighted by Gasteiger charge is -2.31. The smallest absolute Gasteiger partial charge is 0.307 e. The van der Waals surface area contributed by atoms with Crippen molar-refractivity contribution < 1.29 is 14.3 Å². The maximum atomic E-state index is 13.4. The minimum Gasteiger partial charge on any atom is -0.444 e. The Labute approximate surface area is 157 Å². The Kier molecular flexibility index (Phi) is 4.23. The Hall–Kier alpha value is -1.95. The Morgan fingerprint density at radius 1 is 1.08 bits per heavy atom. The highest BCUT2D eigenvalue weighted by atomic mass is 35.5. The number of esters is 1. The summed E-state index contributed by atoms with van der Waals surface area (Å²) in [6, 6.07) is 14.6. The van der Waals surface area contributed by atoms with Crippen LogP contribution in [-0.4, -0.2) is 11.8 Å². The zero-order valence-corrected chi connectivity index (χ0v) is 15.4. The number of thiophene rings is 2. The molecule has 0 bridgehead atoms. The first-order valence-electron chi connectivity index (χ1n) is 7.71. The first kappa shape index (κ1) is 16.5. The maximum Gasteiger partial charge on any atom is 0.307 e. The third-order valence-electron chi connectivity index (χ3n) is 4.38. The van der Waals surface area contributed by atoms with Crippen LogP contribution >= 0.6 is 34.3 Å². The van der Waals surface area contributed by atoms with Crippen LogP contribution in [0.4, 0.5) is 0 Å². The van der Waals surface area contributed by atoms with Crippen LogP contribution in [0.5, 0.6) is 0 Å². The van der Waals surface area contributed by atoms with Gasteiger partial charge < -0.3 is 4.74 Å². The molecule has 3 nitrogen and oxygen atoms in total. The van der Waals surface area contributed by atoms with Gasteiger partial charge in [-0.05, 0) is 40.6 Å². The number of carbonyl (C=O) groups excluding carboxylic acids is 2. The molecule has 4 rings (SSSR count). The first-order valence-corrected chi connectivity index (χ1v) is 9.84. The summed E-state index contributed by atoms with van der Waals surface area (Å²) in [5.41, 5.74) is -0.447. The van der Waals surface area contributed by atoms with Gasteiger partial charge in [-0.25, -0.2) is 0 Å². The zero-order valence-electron chi connectivity index (χ0n) is 13.0. The van der Waals surface area contributed by atoms with E-state index in [0.717, 1.165) is 10.4 Å². The number of ketones is 1. The molecule has 2 atom stereocenters. The number of rotatable bonds is 4. The lowest BCUT2D eigenvalue weighted by Crippen LogP contribution is -2.39. The Bertz CT molecular complexity index is 901. The van der Waals surface area contributed by atoms with E-state index < -0.39 is 5.60 Å². The molecule has 3 heterocycles. The lowest BCUT2D eigenvalue weighted by atomic mass is 9.77. The molecule has 3 aromatic rings. The lowest BCUT2D eigenvalue weighted by molar-refractivity contribution is -0.146. The minimum atomic E-state index is -1.32. The van der Waals surface area contributed by atoms with Gasteiger partial charge in [-0.15, -0.1) is 22.7 Å². The van der Waals surface area contributed by atoms with E-state index in [9.17, 15) is 9.59 Å². The Balaban J connectivity index is 1.90. The molecule has 1 saturated heterocycles. The van der Waals surface area contributed by atoms with E-state index in [1.807, 2.05) is 41.1 Å². The van der Waals surface area contributed by atoms with Crippen LogP contribution in [0.1, 0.15) is 32.5 Å². The summed E-state index contributed by atoms with van der Waals surface area (Å²) in [4.78, 5) is 27.1. The highest BCUT2D eigenvalue weighted by Gasteiger charge is 2.57. The summed E-state index contributed by atoms with van der Waals surface area (Å²) >= 11 is 8.79. The van der Waals surface area contributed by atoms with Gasteiger partial charge in [0.2, 0.25) is 11.4 Å². The second kappa shape index (κ2) is 6.41. The van der Waals surface area contributed by atoms with Crippen LogP contribution in [0, 0.1) is 0 Å². The van der Waals surface area contributed by atoms with Gasteiger partial charge in [-0.3, -0.25) is 9.59 Å². The van der Waals surface area contributed by atoms with Crippen LogP contribution in [0.3, 0.4) is 0 Å². The molecule has 0 aliphatic carbocycles. The third kappa shape index (κ3) is 2.72. The zero-order chi connectivity index (χ0) is 17.4. The fourth-order valence-electron chi connectivity index (χ4n) is 3.27. The van der Waals surface area contributed by atoms with Gasteiger partial charge in [0.15, 0.2) is 0 Å². The van der Waals surface area contributed by atoms with Crippen molar-refractivity contribution in [3.8, 4) is 0 Å². The number of hydrogen-bond acceptors (Lipinski definition) is 5.